The molecule has 8 heteroatoms. The highest BCUT2D eigenvalue weighted by Gasteiger charge is 2.09. The second-order valence-electron chi connectivity index (χ2n) is 3.94. The molecule has 104 valence electrons. The van der Waals surface area contributed by atoms with Gasteiger partial charge in [-0.3, -0.25) is 15.6 Å². The van der Waals surface area contributed by atoms with Gasteiger partial charge in [0.15, 0.2) is 0 Å². The quantitative estimate of drug-likeness (QED) is 0.775. The zero-order valence-corrected chi connectivity index (χ0v) is 11.5. The van der Waals surface area contributed by atoms with Crippen molar-refractivity contribution in [3.63, 3.8) is 0 Å². The normalized spacial score (nSPS) is 10.1. The molecule has 21 heavy (non-hydrogen) atoms. The van der Waals surface area contributed by atoms with Crippen molar-refractivity contribution in [1.29, 1.82) is 0 Å². The van der Waals surface area contributed by atoms with E-state index in [1.165, 1.54) is 11.3 Å². The van der Waals surface area contributed by atoms with Gasteiger partial charge in [0.05, 0.1) is 0 Å². The highest BCUT2D eigenvalue weighted by molar-refractivity contribution is 7.18. The van der Waals surface area contributed by atoms with E-state index in [-0.39, 0.29) is 0 Å². The van der Waals surface area contributed by atoms with Crippen LogP contribution in [0.15, 0.2) is 48.9 Å². The Bertz CT molecular complexity index is 731. The Hall–Kier alpha value is -2.87. The van der Waals surface area contributed by atoms with Crippen LogP contribution >= 0.6 is 11.3 Å². The second-order valence-corrected chi connectivity index (χ2v) is 4.92. The minimum atomic E-state index is -0.411. The van der Waals surface area contributed by atoms with E-state index in [1.807, 2.05) is 12.1 Å². The first kappa shape index (κ1) is 13.1. The number of aromatic nitrogens is 4. The molecule has 2 amide bonds. The predicted molar refractivity (Wildman–Crippen MR) is 80.0 cm³/mol. The third-order valence-electron chi connectivity index (χ3n) is 2.48. The van der Waals surface area contributed by atoms with Crippen LogP contribution in [0.25, 0.3) is 10.6 Å². The van der Waals surface area contributed by atoms with Gasteiger partial charge >= 0.3 is 6.03 Å². The summed E-state index contributed by atoms with van der Waals surface area (Å²) in [5.74, 6) is 0.467. The molecule has 0 aliphatic heterocycles. The summed E-state index contributed by atoms with van der Waals surface area (Å²) in [6, 6.07) is 8.51. The van der Waals surface area contributed by atoms with Crippen molar-refractivity contribution in [3.05, 3.63) is 48.9 Å². The van der Waals surface area contributed by atoms with E-state index in [4.69, 9.17) is 0 Å². The second kappa shape index (κ2) is 6.06. The van der Waals surface area contributed by atoms with Gasteiger partial charge in [0.2, 0.25) is 5.13 Å². The molecule has 0 saturated heterocycles. The summed E-state index contributed by atoms with van der Waals surface area (Å²) in [6.07, 6.45) is 4.96. The molecule has 3 aromatic heterocycles. The molecule has 0 aromatic carbocycles. The largest absolute Gasteiger partial charge is 0.326 e. The molecule has 0 radical (unpaired) electrons. The maximum atomic E-state index is 11.8. The van der Waals surface area contributed by atoms with Gasteiger partial charge in [-0.2, -0.15) is 0 Å². The first-order valence-corrected chi connectivity index (χ1v) is 6.86. The van der Waals surface area contributed by atoms with Gasteiger partial charge in [0.25, 0.3) is 0 Å². The number of hydrogen-bond donors (Lipinski definition) is 2. The van der Waals surface area contributed by atoms with Gasteiger partial charge < -0.3 is 0 Å². The Balaban J connectivity index is 1.66. The molecule has 0 aliphatic rings. The van der Waals surface area contributed by atoms with Crippen LogP contribution in [0.2, 0.25) is 0 Å². The number of nitrogens with one attached hydrogen (secondary N) is 2. The lowest BCUT2D eigenvalue weighted by Gasteiger charge is -2.02. The molecule has 0 fully saturated rings. The lowest BCUT2D eigenvalue weighted by atomic mass is 10.3. The number of anilines is 2. The van der Waals surface area contributed by atoms with Crippen molar-refractivity contribution in [2.45, 2.75) is 0 Å². The molecule has 0 atom stereocenters. The Labute approximate surface area is 124 Å². The van der Waals surface area contributed by atoms with E-state index in [0.717, 1.165) is 5.56 Å². The van der Waals surface area contributed by atoms with E-state index in [1.54, 1.807) is 36.8 Å². The van der Waals surface area contributed by atoms with Crippen LogP contribution in [0.1, 0.15) is 0 Å². The van der Waals surface area contributed by atoms with Gasteiger partial charge in [-0.25, -0.2) is 9.78 Å². The molecule has 7 nitrogen and oxygen atoms in total. The highest BCUT2D eigenvalue weighted by atomic mass is 32.1. The fourth-order valence-corrected chi connectivity index (χ4v) is 2.31. The van der Waals surface area contributed by atoms with E-state index in [0.29, 0.717) is 16.0 Å². The molecule has 2 N–H and O–H groups in total. The van der Waals surface area contributed by atoms with E-state index < -0.39 is 6.03 Å². The van der Waals surface area contributed by atoms with Crippen molar-refractivity contribution in [2.75, 3.05) is 10.6 Å². The topological polar surface area (TPSA) is 92.7 Å². The van der Waals surface area contributed by atoms with Crippen LogP contribution in [0.5, 0.6) is 0 Å². The summed E-state index contributed by atoms with van der Waals surface area (Å²) >= 11 is 1.28. The highest BCUT2D eigenvalue weighted by Crippen LogP contribution is 2.25. The monoisotopic (exact) mass is 298 g/mol. The summed E-state index contributed by atoms with van der Waals surface area (Å²) in [6.45, 7) is 0. The van der Waals surface area contributed by atoms with E-state index in [9.17, 15) is 4.79 Å². The number of hydrogen-bond acceptors (Lipinski definition) is 6. The average Bonchev–Trinajstić information content (AvgIpc) is 2.97. The van der Waals surface area contributed by atoms with Crippen LogP contribution in [-0.4, -0.2) is 26.2 Å². The molecule has 0 bridgehead atoms. The maximum Gasteiger partial charge on any atom is 0.326 e. The number of carbonyl (C=O) groups is 1. The Morgan fingerprint density at radius 3 is 2.62 bits per heavy atom. The van der Waals surface area contributed by atoms with Crippen molar-refractivity contribution in [3.8, 4) is 10.6 Å². The summed E-state index contributed by atoms with van der Waals surface area (Å²) in [5.41, 5.74) is 0.903. The average molecular weight is 298 g/mol. The van der Waals surface area contributed by atoms with Crippen molar-refractivity contribution in [2.24, 2.45) is 0 Å². The fourth-order valence-electron chi connectivity index (χ4n) is 1.57. The molecule has 3 rings (SSSR count). The van der Waals surface area contributed by atoms with Crippen LogP contribution in [0, 0.1) is 0 Å². The van der Waals surface area contributed by atoms with Crippen LogP contribution in [0.4, 0.5) is 15.7 Å². The molecule has 0 saturated carbocycles. The van der Waals surface area contributed by atoms with Crippen LogP contribution in [0.3, 0.4) is 0 Å². The fraction of sp³-hybridized carbons (Fsp3) is 0. The number of urea groups is 1. The standard InChI is InChI=1S/C13H10N6OS/c20-12(16-10-3-1-2-6-15-10)17-13-19-18-11(21-13)9-4-7-14-8-5-9/h1-8H,(H2,15,16,17,19,20). The third-order valence-corrected chi connectivity index (χ3v) is 3.37. The van der Waals surface area contributed by atoms with E-state index >= 15 is 0 Å². The predicted octanol–water partition coefficient (Wildman–Crippen LogP) is 2.64. The molecule has 0 spiro atoms. The van der Waals surface area contributed by atoms with Crippen molar-refractivity contribution >= 4 is 28.3 Å². The van der Waals surface area contributed by atoms with Gasteiger partial charge in [-0.15, -0.1) is 10.2 Å². The summed E-state index contributed by atoms with van der Waals surface area (Å²) < 4.78 is 0. The molecule has 3 aromatic rings. The van der Waals surface area contributed by atoms with Crippen molar-refractivity contribution in [1.82, 2.24) is 20.2 Å². The molecule has 0 aliphatic carbocycles. The molecule has 3 heterocycles. The molecular weight excluding hydrogens is 288 g/mol. The Morgan fingerprint density at radius 1 is 1.00 bits per heavy atom. The first-order chi connectivity index (χ1) is 10.3. The first-order valence-electron chi connectivity index (χ1n) is 6.04. The Kier molecular flexibility index (Phi) is 3.79. The zero-order valence-electron chi connectivity index (χ0n) is 10.7. The summed E-state index contributed by atoms with van der Waals surface area (Å²) in [7, 11) is 0. The summed E-state index contributed by atoms with van der Waals surface area (Å²) in [5, 5.41) is 14.3. The van der Waals surface area contributed by atoms with E-state index in [2.05, 4.69) is 30.8 Å². The van der Waals surface area contributed by atoms with Gasteiger partial charge in [0.1, 0.15) is 10.8 Å². The lowest BCUT2D eigenvalue weighted by Crippen LogP contribution is -2.19. The number of pyridine rings is 2. The van der Waals surface area contributed by atoms with Gasteiger partial charge in [-0.05, 0) is 24.3 Å². The van der Waals surface area contributed by atoms with Gasteiger partial charge in [-0.1, -0.05) is 17.4 Å². The minimum absolute atomic E-state index is 0.411. The van der Waals surface area contributed by atoms with Crippen molar-refractivity contribution < 1.29 is 4.79 Å². The lowest BCUT2D eigenvalue weighted by molar-refractivity contribution is 0.262. The number of carbonyl (C=O) groups excluding carboxylic acids is 1. The van der Waals surface area contributed by atoms with Gasteiger partial charge in [0, 0.05) is 24.2 Å². The SMILES string of the molecule is O=C(Nc1ccccn1)Nc1nnc(-c2ccncc2)s1. The number of amides is 2. The third kappa shape index (κ3) is 3.37. The zero-order chi connectivity index (χ0) is 14.5. The number of nitrogens with zero attached hydrogens (tertiary/aromatic N) is 4. The number of rotatable bonds is 3. The van der Waals surface area contributed by atoms with Crippen LogP contribution < -0.4 is 10.6 Å². The minimum Gasteiger partial charge on any atom is -0.292 e. The van der Waals surface area contributed by atoms with Crippen LogP contribution in [-0.2, 0) is 0 Å². The summed E-state index contributed by atoms with van der Waals surface area (Å²) in [4.78, 5) is 19.7. The molecule has 0 unspecified atom stereocenters. The smallest absolute Gasteiger partial charge is 0.292 e. The molecular formula is C13H10N6OS. The maximum absolute atomic E-state index is 11.8. The Morgan fingerprint density at radius 2 is 1.86 bits per heavy atom.